The van der Waals surface area contributed by atoms with Gasteiger partial charge in [-0.15, -0.1) is 0 Å². The number of amides is 2. The Morgan fingerprint density at radius 3 is 2.38 bits per heavy atom. The third-order valence-electron chi connectivity index (χ3n) is 5.42. The molecule has 3 N–H and O–H groups in total. The molecular formula is C16H28N2O3. The number of urea groups is 1. The summed E-state index contributed by atoms with van der Waals surface area (Å²) < 4.78 is 0. The molecule has 2 rings (SSSR count). The van der Waals surface area contributed by atoms with Crippen molar-refractivity contribution in [3.05, 3.63) is 0 Å². The average Bonchev–Trinajstić information content (AvgIpc) is 2.89. The van der Waals surface area contributed by atoms with Crippen molar-refractivity contribution in [2.24, 2.45) is 17.3 Å². The van der Waals surface area contributed by atoms with Crippen LogP contribution in [-0.4, -0.2) is 30.2 Å². The molecule has 0 bridgehead atoms. The van der Waals surface area contributed by atoms with E-state index >= 15 is 0 Å². The van der Waals surface area contributed by atoms with Gasteiger partial charge in [-0.1, -0.05) is 39.0 Å². The molecule has 2 aliphatic carbocycles. The molecule has 21 heavy (non-hydrogen) atoms. The Morgan fingerprint density at radius 1 is 1.10 bits per heavy atom. The number of aliphatic carboxylic acids is 1. The van der Waals surface area contributed by atoms with Crippen molar-refractivity contribution >= 4 is 12.0 Å². The highest BCUT2D eigenvalue weighted by atomic mass is 16.4. The summed E-state index contributed by atoms with van der Waals surface area (Å²) in [6, 6.07) is -0.222. The SMILES string of the molecule is CC1CCCC1CNC(=O)NCC1(C(=O)O)CCCCC1. The summed E-state index contributed by atoms with van der Waals surface area (Å²) in [5, 5.41) is 15.2. The summed E-state index contributed by atoms with van der Waals surface area (Å²) in [5.74, 6) is 0.472. The molecule has 2 unspecified atom stereocenters. The van der Waals surface area contributed by atoms with Gasteiger partial charge < -0.3 is 15.7 Å². The number of nitrogens with one attached hydrogen (secondary N) is 2. The van der Waals surface area contributed by atoms with Crippen LogP contribution in [0.15, 0.2) is 0 Å². The van der Waals surface area contributed by atoms with Gasteiger partial charge in [0.1, 0.15) is 0 Å². The molecule has 2 fully saturated rings. The zero-order valence-corrected chi connectivity index (χ0v) is 13.0. The second kappa shape index (κ2) is 7.14. The minimum Gasteiger partial charge on any atom is -0.481 e. The van der Waals surface area contributed by atoms with Crippen molar-refractivity contribution in [2.45, 2.75) is 58.3 Å². The van der Waals surface area contributed by atoms with Gasteiger partial charge in [0, 0.05) is 13.1 Å². The molecule has 2 amide bonds. The molecule has 0 heterocycles. The molecule has 5 heteroatoms. The fourth-order valence-electron chi connectivity index (χ4n) is 3.76. The third kappa shape index (κ3) is 4.11. The molecule has 0 saturated heterocycles. The summed E-state index contributed by atoms with van der Waals surface area (Å²) in [6.07, 6.45) is 7.99. The maximum atomic E-state index is 11.9. The number of carbonyl (C=O) groups is 2. The molecule has 120 valence electrons. The molecule has 0 spiro atoms. The van der Waals surface area contributed by atoms with Crippen molar-refractivity contribution in [3.8, 4) is 0 Å². The van der Waals surface area contributed by atoms with Gasteiger partial charge in [0.2, 0.25) is 0 Å². The molecule has 0 aromatic carbocycles. The number of rotatable bonds is 5. The van der Waals surface area contributed by atoms with Crippen LogP contribution in [0.2, 0.25) is 0 Å². The van der Waals surface area contributed by atoms with Crippen molar-refractivity contribution in [3.63, 3.8) is 0 Å². The fourth-order valence-corrected chi connectivity index (χ4v) is 3.76. The largest absolute Gasteiger partial charge is 0.481 e. The lowest BCUT2D eigenvalue weighted by Gasteiger charge is -2.33. The summed E-state index contributed by atoms with van der Waals surface area (Å²) in [7, 11) is 0. The van der Waals surface area contributed by atoms with Gasteiger partial charge >= 0.3 is 12.0 Å². The van der Waals surface area contributed by atoms with E-state index in [1.165, 1.54) is 19.3 Å². The van der Waals surface area contributed by atoms with Gasteiger partial charge in [0.15, 0.2) is 0 Å². The lowest BCUT2D eigenvalue weighted by atomic mass is 9.74. The minimum atomic E-state index is -0.771. The smallest absolute Gasteiger partial charge is 0.314 e. The van der Waals surface area contributed by atoms with E-state index in [9.17, 15) is 14.7 Å². The first kappa shape index (κ1) is 16.1. The predicted octanol–water partition coefficient (Wildman–Crippen LogP) is 2.76. The first-order valence-corrected chi connectivity index (χ1v) is 8.29. The summed E-state index contributed by atoms with van der Waals surface area (Å²) >= 11 is 0. The van der Waals surface area contributed by atoms with E-state index in [0.717, 1.165) is 19.3 Å². The quantitative estimate of drug-likeness (QED) is 0.730. The van der Waals surface area contributed by atoms with Gasteiger partial charge in [-0.3, -0.25) is 4.79 Å². The van der Waals surface area contributed by atoms with Crippen molar-refractivity contribution in [1.29, 1.82) is 0 Å². The summed E-state index contributed by atoms with van der Waals surface area (Å²) in [4.78, 5) is 23.4. The van der Waals surface area contributed by atoms with E-state index < -0.39 is 11.4 Å². The Hall–Kier alpha value is -1.26. The zero-order valence-electron chi connectivity index (χ0n) is 13.0. The highest BCUT2D eigenvalue weighted by Crippen LogP contribution is 2.36. The molecule has 0 aromatic rings. The lowest BCUT2D eigenvalue weighted by molar-refractivity contribution is -0.150. The minimum absolute atomic E-state index is 0.222. The van der Waals surface area contributed by atoms with Crippen LogP contribution in [0.3, 0.4) is 0 Å². The third-order valence-corrected chi connectivity index (χ3v) is 5.42. The van der Waals surface area contributed by atoms with Crippen LogP contribution in [-0.2, 0) is 4.79 Å². The summed E-state index contributed by atoms with van der Waals surface area (Å²) in [6.45, 7) is 3.18. The normalized spacial score (nSPS) is 28.0. The molecule has 2 saturated carbocycles. The van der Waals surface area contributed by atoms with Gasteiger partial charge in [-0.25, -0.2) is 4.79 Å². The number of hydrogen-bond acceptors (Lipinski definition) is 2. The number of carboxylic acid groups (broad SMARTS) is 1. The highest BCUT2D eigenvalue weighted by molar-refractivity contribution is 5.78. The zero-order chi connectivity index (χ0) is 15.3. The maximum Gasteiger partial charge on any atom is 0.314 e. The predicted molar refractivity (Wildman–Crippen MR) is 81.1 cm³/mol. The van der Waals surface area contributed by atoms with Gasteiger partial charge in [0.25, 0.3) is 0 Å². The van der Waals surface area contributed by atoms with E-state index in [1.54, 1.807) is 0 Å². The van der Waals surface area contributed by atoms with Crippen LogP contribution in [0.4, 0.5) is 4.79 Å². The maximum absolute atomic E-state index is 11.9. The molecule has 0 aromatic heterocycles. The molecule has 2 aliphatic rings. The van der Waals surface area contributed by atoms with E-state index in [1.807, 2.05) is 0 Å². The Labute approximate surface area is 126 Å². The van der Waals surface area contributed by atoms with Crippen molar-refractivity contribution in [1.82, 2.24) is 10.6 Å². The van der Waals surface area contributed by atoms with Crippen molar-refractivity contribution < 1.29 is 14.7 Å². The van der Waals surface area contributed by atoms with Crippen LogP contribution in [0.5, 0.6) is 0 Å². The molecule has 5 nitrogen and oxygen atoms in total. The van der Waals surface area contributed by atoms with Crippen LogP contribution < -0.4 is 10.6 Å². The van der Waals surface area contributed by atoms with Gasteiger partial charge in [-0.2, -0.15) is 0 Å². The van der Waals surface area contributed by atoms with Crippen LogP contribution >= 0.6 is 0 Å². The lowest BCUT2D eigenvalue weighted by Crippen LogP contribution is -2.48. The van der Waals surface area contributed by atoms with Crippen LogP contribution in [0.1, 0.15) is 58.3 Å². The molecular weight excluding hydrogens is 268 g/mol. The van der Waals surface area contributed by atoms with E-state index in [-0.39, 0.29) is 12.6 Å². The second-order valence-corrected chi connectivity index (χ2v) is 6.88. The topological polar surface area (TPSA) is 78.4 Å². The first-order valence-electron chi connectivity index (χ1n) is 8.29. The van der Waals surface area contributed by atoms with E-state index in [4.69, 9.17) is 0 Å². The second-order valence-electron chi connectivity index (χ2n) is 6.88. The number of carboxylic acids is 1. The first-order chi connectivity index (χ1) is 10.0. The number of carbonyl (C=O) groups excluding carboxylic acids is 1. The van der Waals surface area contributed by atoms with E-state index in [2.05, 4.69) is 17.6 Å². The van der Waals surface area contributed by atoms with Crippen LogP contribution in [0.25, 0.3) is 0 Å². The Morgan fingerprint density at radius 2 is 1.81 bits per heavy atom. The van der Waals surface area contributed by atoms with Crippen LogP contribution in [0, 0.1) is 17.3 Å². The Balaban J connectivity index is 1.75. The van der Waals surface area contributed by atoms with Gasteiger partial charge in [0.05, 0.1) is 5.41 Å². The van der Waals surface area contributed by atoms with Gasteiger partial charge in [-0.05, 0) is 31.1 Å². The monoisotopic (exact) mass is 296 g/mol. The molecule has 2 atom stereocenters. The standard InChI is InChI=1S/C16H28N2O3/c1-12-6-5-7-13(12)10-17-15(21)18-11-16(14(19)20)8-3-2-4-9-16/h12-13H,2-11H2,1H3,(H,19,20)(H2,17,18,21). The molecule has 0 aliphatic heterocycles. The summed E-state index contributed by atoms with van der Waals surface area (Å²) in [5.41, 5.74) is -0.754. The number of hydrogen-bond donors (Lipinski definition) is 3. The highest BCUT2D eigenvalue weighted by Gasteiger charge is 2.39. The molecule has 0 radical (unpaired) electrons. The van der Waals surface area contributed by atoms with Crippen molar-refractivity contribution in [2.75, 3.05) is 13.1 Å². The fraction of sp³-hybridized carbons (Fsp3) is 0.875. The Bertz CT molecular complexity index is 378. The Kier molecular flexibility index (Phi) is 5.48. The average molecular weight is 296 g/mol. The van der Waals surface area contributed by atoms with E-state index in [0.29, 0.717) is 31.2 Å².